The third-order valence-electron chi connectivity index (χ3n) is 4.27. The van der Waals surface area contributed by atoms with Gasteiger partial charge in [-0.3, -0.25) is 9.59 Å². The predicted molar refractivity (Wildman–Crippen MR) is 98.4 cm³/mol. The number of fused-ring (bicyclic) bond motifs is 1. The van der Waals surface area contributed by atoms with Crippen LogP contribution in [0.2, 0.25) is 0 Å². The smallest absolute Gasteiger partial charge is 0.228 e. The number of nitrogens with one attached hydrogen (secondary N) is 2. The average molecular weight is 340 g/mol. The molecule has 2 aromatic carbocycles. The summed E-state index contributed by atoms with van der Waals surface area (Å²) in [5.41, 5.74) is 3.82. The molecular weight excluding hydrogens is 320 g/mol. The first kappa shape index (κ1) is 16.6. The van der Waals surface area contributed by atoms with Gasteiger partial charge in [-0.1, -0.05) is 24.3 Å². The molecule has 0 fully saturated rings. The molecule has 124 valence electrons. The molecule has 0 saturated carbocycles. The first-order valence-electron chi connectivity index (χ1n) is 7.93. The number of aryl methyl sites for hydroxylation is 1. The van der Waals surface area contributed by atoms with E-state index in [2.05, 4.69) is 10.6 Å². The molecule has 3 rings (SSSR count). The molecule has 1 atom stereocenters. The summed E-state index contributed by atoms with van der Waals surface area (Å²) in [7, 11) is 0. The predicted octanol–water partition coefficient (Wildman–Crippen LogP) is 3.99. The summed E-state index contributed by atoms with van der Waals surface area (Å²) in [5, 5.41) is 5.85. The van der Waals surface area contributed by atoms with Gasteiger partial charge < -0.3 is 10.6 Å². The van der Waals surface area contributed by atoms with Gasteiger partial charge in [0.05, 0.1) is 11.6 Å². The quantitative estimate of drug-likeness (QED) is 0.888. The van der Waals surface area contributed by atoms with E-state index in [0.717, 1.165) is 27.4 Å². The number of para-hydroxylation sites is 1. The van der Waals surface area contributed by atoms with E-state index in [1.807, 2.05) is 56.3 Å². The molecule has 0 aliphatic carbocycles. The minimum Gasteiger partial charge on any atom is -0.326 e. The highest BCUT2D eigenvalue weighted by atomic mass is 32.2. The van der Waals surface area contributed by atoms with Crippen molar-refractivity contribution in [2.45, 2.75) is 25.2 Å². The second-order valence-electron chi connectivity index (χ2n) is 5.99. The first-order chi connectivity index (χ1) is 11.5. The molecule has 0 bridgehead atoms. The zero-order valence-corrected chi connectivity index (χ0v) is 14.6. The van der Waals surface area contributed by atoms with Gasteiger partial charge in [-0.15, -0.1) is 11.8 Å². The third-order valence-corrected chi connectivity index (χ3v) is 5.50. The number of thioether (sulfide) groups is 1. The third kappa shape index (κ3) is 3.62. The van der Waals surface area contributed by atoms with Gasteiger partial charge in [0.2, 0.25) is 11.8 Å². The second-order valence-corrected chi connectivity index (χ2v) is 7.05. The number of rotatable bonds is 3. The summed E-state index contributed by atoms with van der Waals surface area (Å²) < 4.78 is 0. The molecule has 1 aliphatic heterocycles. The summed E-state index contributed by atoms with van der Waals surface area (Å²) in [5.74, 6) is 0.0368. The van der Waals surface area contributed by atoms with Gasteiger partial charge >= 0.3 is 0 Å². The molecule has 2 aromatic rings. The van der Waals surface area contributed by atoms with E-state index in [1.54, 1.807) is 11.8 Å². The van der Waals surface area contributed by atoms with Crippen LogP contribution in [0.3, 0.4) is 0 Å². The lowest BCUT2D eigenvalue weighted by Gasteiger charge is -2.14. The normalized spacial score (nSPS) is 16.8. The highest BCUT2D eigenvalue weighted by molar-refractivity contribution is 7.99. The van der Waals surface area contributed by atoms with E-state index in [0.29, 0.717) is 5.75 Å². The van der Waals surface area contributed by atoms with Crippen molar-refractivity contribution in [1.29, 1.82) is 0 Å². The lowest BCUT2D eigenvalue weighted by Crippen LogP contribution is -2.28. The topological polar surface area (TPSA) is 58.2 Å². The van der Waals surface area contributed by atoms with Gasteiger partial charge in [0.15, 0.2) is 0 Å². The van der Waals surface area contributed by atoms with Crippen molar-refractivity contribution in [1.82, 2.24) is 0 Å². The highest BCUT2D eigenvalue weighted by Crippen LogP contribution is 2.33. The van der Waals surface area contributed by atoms with Crippen molar-refractivity contribution in [3.63, 3.8) is 0 Å². The molecule has 0 aromatic heterocycles. The van der Waals surface area contributed by atoms with Crippen LogP contribution in [-0.2, 0) is 9.59 Å². The fraction of sp³-hybridized carbons (Fsp3) is 0.263. The van der Waals surface area contributed by atoms with E-state index in [9.17, 15) is 9.59 Å². The number of anilines is 2. The van der Waals surface area contributed by atoms with Crippen molar-refractivity contribution in [3.8, 4) is 0 Å². The van der Waals surface area contributed by atoms with E-state index in [4.69, 9.17) is 0 Å². The molecular formula is C19H20N2O2S. The van der Waals surface area contributed by atoms with Crippen LogP contribution >= 0.6 is 11.8 Å². The van der Waals surface area contributed by atoms with Gasteiger partial charge in [0.1, 0.15) is 0 Å². The van der Waals surface area contributed by atoms with Crippen LogP contribution in [0.1, 0.15) is 17.5 Å². The Hall–Kier alpha value is -2.27. The van der Waals surface area contributed by atoms with E-state index < -0.39 is 0 Å². The summed E-state index contributed by atoms with van der Waals surface area (Å²) in [6.07, 6.45) is 0.181. The standard InChI is InChI=1S/C19H20N2O2S/c1-12-6-5-8-15(13(12)2)20-18(22)10-14-11-24-17-9-4-3-7-16(17)21-19(14)23/h3-9,14H,10-11H2,1-2H3,(H,20,22)(H,21,23)/t14-/m0/s1. The molecule has 2 N–H and O–H groups in total. The lowest BCUT2D eigenvalue weighted by molar-refractivity contribution is -0.124. The Morgan fingerprint density at radius 2 is 2.00 bits per heavy atom. The van der Waals surface area contributed by atoms with Crippen LogP contribution in [0.5, 0.6) is 0 Å². The molecule has 0 radical (unpaired) electrons. The minimum absolute atomic E-state index is 0.0939. The zero-order valence-electron chi connectivity index (χ0n) is 13.8. The average Bonchev–Trinajstić information content (AvgIpc) is 2.71. The maximum Gasteiger partial charge on any atom is 0.228 e. The number of benzene rings is 2. The van der Waals surface area contributed by atoms with Crippen LogP contribution < -0.4 is 10.6 Å². The molecule has 24 heavy (non-hydrogen) atoms. The summed E-state index contributed by atoms with van der Waals surface area (Å²) in [6.45, 7) is 3.99. The second kappa shape index (κ2) is 7.09. The van der Waals surface area contributed by atoms with E-state index >= 15 is 0 Å². The molecule has 4 nitrogen and oxygen atoms in total. The first-order valence-corrected chi connectivity index (χ1v) is 8.92. The van der Waals surface area contributed by atoms with Crippen LogP contribution in [0.25, 0.3) is 0 Å². The number of hydrogen-bond donors (Lipinski definition) is 2. The Labute approximate surface area is 146 Å². The molecule has 5 heteroatoms. The van der Waals surface area contributed by atoms with Gasteiger partial charge in [-0.25, -0.2) is 0 Å². The fourth-order valence-electron chi connectivity index (χ4n) is 2.66. The fourth-order valence-corrected chi connectivity index (χ4v) is 3.76. The number of hydrogen-bond acceptors (Lipinski definition) is 3. The summed E-state index contributed by atoms with van der Waals surface area (Å²) in [4.78, 5) is 25.8. The van der Waals surface area contributed by atoms with E-state index in [-0.39, 0.29) is 24.2 Å². The van der Waals surface area contributed by atoms with Crippen LogP contribution in [0, 0.1) is 19.8 Å². The van der Waals surface area contributed by atoms with Gasteiger partial charge in [-0.05, 0) is 43.2 Å². The lowest BCUT2D eigenvalue weighted by atomic mass is 10.0. The van der Waals surface area contributed by atoms with Gasteiger partial charge in [0.25, 0.3) is 0 Å². The van der Waals surface area contributed by atoms with E-state index in [1.165, 1.54) is 0 Å². The van der Waals surface area contributed by atoms with Crippen molar-refractivity contribution >= 4 is 35.0 Å². The van der Waals surface area contributed by atoms with Crippen LogP contribution in [0.15, 0.2) is 47.4 Å². The van der Waals surface area contributed by atoms with Crippen molar-refractivity contribution in [2.24, 2.45) is 5.92 Å². The summed E-state index contributed by atoms with van der Waals surface area (Å²) in [6, 6.07) is 13.5. The molecule has 0 saturated heterocycles. The number of amides is 2. The van der Waals surface area contributed by atoms with Gasteiger partial charge in [0, 0.05) is 22.8 Å². The highest BCUT2D eigenvalue weighted by Gasteiger charge is 2.26. The number of carbonyl (C=O) groups is 2. The molecule has 1 heterocycles. The zero-order chi connectivity index (χ0) is 17.1. The van der Waals surface area contributed by atoms with Gasteiger partial charge in [-0.2, -0.15) is 0 Å². The van der Waals surface area contributed by atoms with Crippen molar-refractivity contribution in [2.75, 3.05) is 16.4 Å². The Kier molecular flexibility index (Phi) is 4.90. The van der Waals surface area contributed by atoms with Crippen LogP contribution in [-0.4, -0.2) is 17.6 Å². The number of carbonyl (C=O) groups excluding carboxylic acids is 2. The largest absolute Gasteiger partial charge is 0.326 e. The Morgan fingerprint density at radius 3 is 2.83 bits per heavy atom. The summed E-state index contributed by atoms with van der Waals surface area (Å²) >= 11 is 1.61. The monoisotopic (exact) mass is 340 g/mol. The molecule has 0 unspecified atom stereocenters. The maximum atomic E-state index is 12.4. The minimum atomic E-state index is -0.340. The van der Waals surface area contributed by atoms with Crippen molar-refractivity contribution in [3.05, 3.63) is 53.6 Å². The van der Waals surface area contributed by atoms with Crippen molar-refractivity contribution < 1.29 is 9.59 Å². The SMILES string of the molecule is Cc1cccc(NC(=O)C[C@H]2CSc3ccccc3NC2=O)c1C. The Balaban J connectivity index is 1.67. The van der Waals surface area contributed by atoms with Crippen LogP contribution in [0.4, 0.5) is 11.4 Å². The molecule has 1 aliphatic rings. The Bertz CT molecular complexity index is 789. The Morgan fingerprint density at radius 1 is 1.21 bits per heavy atom. The maximum absolute atomic E-state index is 12.4. The molecule has 2 amide bonds. The molecule has 0 spiro atoms.